The van der Waals surface area contributed by atoms with Crippen molar-refractivity contribution in [1.29, 1.82) is 0 Å². The van der Waals surface area contributed by atoms with Gasteiger partial charge in [0, 0.05) is 23.9 Å². The summed E-state index contributed by atoms with van der Waals surface area (Å²) in [5.41, 5.74) is 3.97. The minimum Gasteiger partial charge on any atom is -0.494 e. The minimum absolute atomic E-state index is 0.310. The van der Waals surface area contributed by atoms with Gasteiger partial charge in [0.05, 0.1) is 28.6 Å². The van der Waals surface area contributed by atoms with Gasteiger partial charge in [-0.3, -0.25) is 0 Å². The number of aryl methyl sites for hydroxylation is 2. The molecule has 29 heavy (non-hydrogen) atoms. The molecule has 6 heteroatoms. The maximum atomic E-state index is 14.7. The normalized spacial score (nSPS) is 14.1. The number of nitrogens with zero attached hydrogens (tertiary/aromatic N) is 2. The number of benzene rings is 2. The van der Waals surface area contributed by atoms with Gasteiger partial charge in [0.15, 0.2) is 5.82 Å². The zero-order valence-corrected chi connectivity index (χ0v) is 17.9. The van der Waals surface area contributed by atoms with E-state index < -0.39 is 0 Å². The van der Waals surface area contributed by atoms with E-state index in [-0.39, 0.29) is 5.82 Å². The monoisotopic (exact) mass is 412 g/mol. The van der Waals surface area contributed by atoms with Crippen molar-refractivity contribution in [1.82, 2.24) is 4.98 Å². The molecule has 1 aromatic heterocycles. The molecular formula is C23H25FN2O2S. The first-order valence-corrected chi connectivity index (χ1v) is 10.7. The summed E-state index contributed by atoms with van der Waals surface area (Å²) >= 11 is 1.50. The second-order valence-electron chi connectivity index (χ2n) is 7.21. The molecule has 2 aromatic carbocycles. The van der Waals surface area contributed by atoms with E-state index in [1.807, 2.05) is 39.0 Å². The van der Waals surface area contributed by atoms with Gasteiger partial charge in [0.2, 0.25) is 0 Å². The highest BCUT2D eigenvalue weighted by Crippen LogP contribution is 2.41. The van der Waals surface area contributed by atoms with Gasteiger partial charge >= 0.3 is 0 Å². The third-order valence-corrected chi connectivity index (χ3v) is 5.99. The molecule has 0 aliphatic carbocycles. The van der Waals surface area contributed by atoms with Crippen LogP contribution < -0.4 is 14.4 Å². The van der Waals surface area contributed by atoms with Crippen LogP contribution in [0.15, 0.2) is 30.8 Å². The Hall–Kier alpha value is -2.60. The smallest absolute Gasteiger partial charge is 0.150 e. The lowest BCUT2D eigenvalue weighted by Crippen LogP contribution is -2.26. The molecule has 0 N–H and O–H groups in total. The number of aromatic nitrogens is 1. The van der Waals surface area contributed by atoms with Crippen molar-refractivity contribution in [2.75, 3.05) is 24.7 Å². The van der Waals surface area contributed by atoms with Crippen LogP contribution in [-0.4, -0.2) is 24.7 Å². The van der Waals surface area contributed by atoms with Crippen molar-refractivity contribution in [2.45, 2.75) is 33.6 Å². The molecule has 1 aliphatic heterocycles. The zero-order chi connectivity index (χ0) is 20.5. The number of fused-ring (bicyclic) bond motifs is 2. The largest absolute Gasteiger partial charge is 0.494 e. The van der Waals surface area contributed by atoms with Crippen molar-refractivity contribution in [3.05, 3.63) is 52.8 Å². The molecule has 0 bridgehead atoms. The molecule has 0 fully saturated rings. The second-order valence-corrected chi connectivity index (χ2v) is 8.45. The Kier molecular flexibility index (Phi) is 5.46. The number of ether oxygens (including phenoxy) is 2. The van der Waals surface area contributed by atoms with E-state index in [2.05, 4.69) is 16.5 Å². The topological polar surface area (TPSA) is 34.6 Å². The number of thiazole rings is 1. The van der Waals surface area contributed by atoms with Crippen molar-refractivity contribution in [2.24, 2.45) is 0 Å². The number of halogens is 1. The highest BCUT2D eigenvalue weighted by Gasteiger charge is 2.23. The van der Waals surface area contributed by atoms with Gasteiger partial charge in [0.1, 0.15) is 17.0 Å². The zero-order valence-electron chi connectivity index (χ0n) is 17.0. The Morgan fingerprint density at radius 1 is 1.28 bits per heavy atom. The summed E-state index contributed by atoms with van der Waals surface area (Å²) in [6, 6.07) is 7.47. The summed E-state index contributed by atoms with van der Waals surface area (Å²) in [5, 5.41) is 0.853. The molecule has 0 atom stereocenters. The van der Waals surface area contributed by atoms with E-state index in [1.54, 1.807) is 0 Å². The van der Waals surface area contributed by atoms with Gasteiger partial charge in [-0.25, -0.2) is 9.37 Å². The van der Waals surface area contributed by atoms with Crippen LogP contribution in [0.25, 0.3) is 15.9 Å². The molecule has 1 aliphatic rings. The van der Waals surface area contributed by atoms with Crippen LogP contribution in [-0.2, 0) is 0 Å². The third-order valence-electron chi connectivity index (χ3n) is 5.07. The number of anilines is 1. The fraction of sp³-hybridized carbons (Fsp3) is 0.348. The molecular weight excluding hydrogens is 387 g/mol. The van der Waals surface area contributed by atoms with Crippen LogP contribution in [0.5, 0.6) is 11.5 Å². The minimum atomic E-state index is -0.310. The van der Waals surface area contributed by atoms with Crippen molar-refractivity contribution in [3.63, 3.8) is 0 Å². The van der Waals surface area contributed by atoms with E-state index in [1.165, 1.54) is 17.4 Å². The lowest BCUT2D eigenvalue weighted by Gasteiger charge is -2.32. The fourth-order valence-electron chi connectivity index (χ4n) is 3.78. The maximum absolute atomic E-state index is 14.7. The maximum Gasteiger partial charge on any atom is 0.150 e. The molecule has 4 nitrogen and oxygen atoms in total. The molecule has 0 amide bonds. The number of rotatable bonds is 4. The SMILES string of the molecule is C=C(c1cc(F)c2nc(C)sc2c1)N1CCCCOc2cc(OCC)cc(C)c21. The predicted molar refractivity (Wildman–Crippen MR) is 118 cm³/mol. The molecule has 0 unspecified atom stereocenters. The van der Waals surface area contributed by atoms with Crippen LogP contribution in [0, 0.1) is 19.7 Å². The first-order chi connectivity index (χ1) is 14.0. The van der Waals surface area contributed by atoms with Gasteiger partial charge in [-0.1, -0.05) is 6.58 Å². The number of hydrogen-bond donors (Lipinski definition) is 0. The van der Waals surface area contributed by atoms with Crippen LogP contribution in [0.3, 0.4) is 0 Å². The molecule has 0 saturated heterocycles. The van der Waals surface area contributed by atoms with Crippen LogP contribution in [0.1, 0.15) is 35.9 Å². The highest BCUT2D eigenvalue weighted by molar-refractivity contribution is 7.18. The summed E-state index contributed by atoms with van der Waals surface area (Å²) in [6.07, 6.45) is 1.91. The van der Waals surface area contributed by atoms with E-state index in [4.69, 9.17) is 9.47 Å². The Balaban J connectivity index is 1.79. The van der Waals surface area contributed by atoms with Crippen molar-refractivity contribution in [3.8, 4) is 11.5 Å². The molecule has 3 aromatic rings. The third kappa shape index (κ3) is 3.81. The molecule has 4 rings (SSSR count). The second kappa shape index (κ2) is 8.03. The highest BCUT2D eigenvalue weighted by atomic mass is 32.1. The summed E-state index contributed by atoms with van der Waals surface area (Å²) in [6.45, 7) is 12.3. The van der Waals surface area contributed by atoms with E-state index in [0.717, 1.165) is 63.1 Å². The summed E-state index contributed by atoms with van der Waals surface area (Å²) < 4.78 is 27.3. The van der Waals surface area contributed by atoms with Gasteiger partial charge in [0.25, 0.3) is 0 Å². The molecule has 0 spiro atoms. The number of hydrogen-bond acceptors (Lipinski definition) is 5. The summed E-state index contributed by atoms with van der Waals surface area (Å²) in [7, 11) is 0. The Morgan fingerprint density at radius 3 is 2.90 bits per heavy atom. The average Bonchev–Trinajstić information content (AvgIpc) is 3.03. The Bertz CT molecular complexity index is 1080. The first kappa shape index (κ1) is 19.7. The molecule has 0 radical (unpaired) electrons. The predicted octanol–water partition coefficient (Wildman–Crippen LogP) is 6.10. The van der Waals surface area contributed by atoms with E-state index in [0.29, 0.717) is 18.7 Å². The Labute approximate surface area is 174 Å². The molecule has 2 heterocycles. The molecule has 152 valence electrons. The van der Waals surface area contributed by atoms with Crippen LogP contribution in [0.4, 0.5) is 10.1 Å². The van der Waals surface area contributed by atoms with Gasteiger partial charge in [-0.2, -0.15) is 0 Å². The summed E-state index contributed by atoms with van der Waals surface area (Å²) in [4.78, 5) is 6.44. The lowest BCUT2D eigenvalue weighted by molar-refractivity contribution is 0.297. The molecule has 0 saturated carbocycles. The summed E-state index contributed by atoms with van der Waals surface area (Å²) in [5.74, 6) is 1.27. The van der Waals surface area contributed by atoms with Gasteiger partial charge < -0.3 is 14.4 Å². The fourth-order valence-corrected chi connectivity index (χ4v) is 4.66. The average molecular weight is 413 g/mol. The van der Waals surface area contributed by atoms with E-state index in [9.17, 15) is 4.39 Å². The quantitative estimate of drug-likeness (QED) is 0.518. The first-order valence-electron chi connectivity index (χ1n) is 9.91. The van der Waals surface area contributed by atoms with Crippen LogP contribution >= 0.6 is 11.3 Å². The van der Waals surface area contributed by atoms with Gasteiger partial charge in [-0.15, -0.1) is 11.3 Å². The van der Waals surface area contributed by atoms with Gasteiger partial charge in [-0.05, 0) is 57.4 Å². The Morgan fingerprint density at radius 2 is 2.10 bits per heavy atom. The van der Waals surface area contributed by atoms with Crippen molar-refractivity contribution < 1.29 is 13.9 Å². The lowest BCUT2D eigenvalue weighted by atomic mass is 10.1. The van der Waals surface area contributed by atoms with Crippen molar-refractivity contribution >= 4 is 32.9 Å². The van der Waals surface area contributed by atoms with E-state index >= 15 is 0 Å². The standard InChI is InChI=1S/C23H25FN2O2S/c1-5-27-18-10-14(2)23-20(13-18)28-9-7-6-8-26(23)15(3)17-11-19(24)22-21(12-17)29-16(4)25-22/h10-13H,3,5-9H2,1-2,4H3. The van der Waals surface area contributed by atoms with Crippen LogP contribution in [0.2, 0.25) is 0 Å².